The number of rotatable bonds is 3. The molecule has 0 saturated carbocycles. The van der Waals surface area contributed by atoms with E-state index in [1.54, 1.807) is 37.3 Å². The molecule has 0 aliphatic heterocycles. The first-order valence-corrected chi connectivity index (χ1v) is 5.76. The number of anilines is 1. The summed E-state index contributed by atoms with van der Waals surface area (Å²) in [5, 5.41) is 2.71. The maximum absolute atomic E-state index is 12.8. The molecule has 0 saturated heterocycles. The first-order chi connectivity index (χ1) is 9.00. The van der Waals surface area contributed by atoms with Crippen molar-refractivity contribution in [2.75, 3.05) is 11.9 Å². The molecule has 3 nitrogen and oxygen atoms in total. The van der Waals surface area contributed by atoms with Gasteiger partial charge in [0.25, 0.3) is 0 Å². The molecule has 0 unspecified atom stereocenters. The molecule has 100 valence electrons. The van der Waals surface area contributed by atoms with Gasteiger partial charge >= 0.3 is 6.18 Å². The Morgan fingerprint density at radius 1 is 1.11 bits per heavy atom. The third-order valence-electron chi connectivity index (χ3n) is 2.42. The zero-order chi connectivity index (χ0) is 13.9. The summed E-state index contributed by atoms with van der Waals surface area (Å²) in [7, 11) is 0. The fraction of sp³-hybridized carbons (Fsp3) is 0.231. The van der Waals surface area contributed by atoms with Gasteiger partial charge in [0.15, 0.2) is 5.69 Å². The molecule has 0 atom stereocenters. The summed E-state index contributed by atoms with van der Waals surface area (Å²) in [5.41, 5.74) is -0.0780. The van der Waals surface area contributed by atoms with E-state index in [9.17, 15) is 13.2 Å². The molecule has 2 rings (SSSR count). The van der Waals surface area contributed by atoms with Crippen LogP contribution in [0.5, 0.6) is 0 Å². The number of nitrogens with zero attached hydrogens (tertiary/aromatic N) is 2. The molecule has 0 amide bonds. The largest absolute Gasteiger partial charge is 0.433 e. The zero-order valence-corrected chi connectivity index (χ0v) is 10.2. The van der Waals surface area contributed by atoms with E-state index in [0.29, 0.717) is 12.1 Å². The standard InChI is InChI=1S/C13H12F3N3/c1-2-17-12-18-10(9-6-4-3-5-7-9)8-11(19-12)13(14,15)16/h3-8H,2H2,1H3,(H,17,18,19). The van der Waals surface area contributed by atoms with E-state index in [-0.39, 0.29) is 11.6 Å². The Hall–Kier alpha value is -2.11. The van der Waals surface area contributed by atoms with Crippen LogP contribution in [0.1, 0.15) is 12.6 Å². The summed E-state index contributed by atoms with van der Waals surface area (Å²) in [6.45, 7) is 2.22. The number of nitrogens with one attached hydrogen (secondary N) is 1. The van der Waals surface area contributed by atoms with Crippen molar-refractivity contribution in [3.05, 3.63) is 42.1 Å². The van der Waals surface area contributed by atoms with Gasteiger partial charge < -0.3 is 5.32 Å². The topological polar surface area (TPSA) is 37.8 Å². The monoisotopic (exact) mass is 267 g/mol. The number of hydrogen-bond acceptors (Lipinski definition) is 3. The highest BCUT2D eigenvalue weighted by Gasteiger charge is 2.33. The van der Waals surface area contributed by atoms with Crippen LogP contribution < -0.4 is 5.32 Å². The van der Waals surface area contributed by atoms with Crippen LogP contribution in [-0.4, -0.2) is 16.5 Å². The Balaban J connectivity index is 2.52. The lowest BCUT2D eigenvalue weighted by molar-refractivity contribution is -0.141. The maximum Gasteiger partial charge on any atom is 0.433 e. The minimum atomic E-state index is -4.49. The normalized spacial score (nSPS) is 11.4. The number of halogens is 3. The molecule has 6 heteroatoms. The molecule has 0 aliphatic rings. The molecule has 0 aliphatic carbocycles. The number of aromatic nitrogens is 2. The van der Waals surface area contributed by atoms with Gasteiger partial charge in [0.05, 0.1) is 5.69 Å². The van der Waals surface area contributed by atoms with E-state index in [1.165, 1.54) is 0 Å². The molecule has 1 N–H and O–H groups in total. The fourth-order valence-electron chi connectivity index (χ4n) is 1.59. The second kappa shape index (κ2) is 5.26. The highest BCUT2D eigenvalue weighted by atomic mass is 19.4. The highest BCUT2D eigenvalue weighted by molar-refractivity contribution is 5.60. The van der Waals surface area contributed by atoms with E-state index in [2.05, 4.69) is 15.3 Å². The molecule has 0 fully saturated rings. The van der Waals surface area contributed by atoms with Gasteiger partial charge in [-0.15, -0.1) is 0 Å². The van der Waals surface area contributed by atoms with Crippen LogP contribution in [0.15, 0.2) is 36.4 Å². The third kappa shape index (κ3) is 3.21. The molecule has 19 heavy (non-hydrogen) atoms. The van der Waals surface area contributed by atoms with Crippen LogP contribution >= 0.6 is 0 Å². The smallest absolute Gasteiger partial charge is 0.354 e. The van der Waals surface area contributed by atoms with Gasteiger partial charge in [-0.25, -0.2) is 9.97 Å². The second-order valence-corrected chi connectivity index (χ2v) is 3.86. The maximum atomic E-state index is 12.8. The van der Waals surface area contributed by atoms with E-state index < -0.39 is 11.9 Å². The van der Waals surface area contributed by atoms with Gasteiger partial charge in [0.2, 0.25) is 5.95 Å². The molecule has 0 spiro atoms. The summed E-state index contributed by atoms with van der Waals surface area (Å²) < 4.78 is 38.4. The molecule has 0 bridgehead atoms. The van der Waals surface area contributed by atoms with Crippen molar-refractivity contribution < 1.29 is 13.2 Å². The summed E-state index contributed by atoms with van der Waals surface area (Å²) in [6.07, 6.45) is -4.49. The van der Waals surface area contributed by atoms with Gasteiger partial charge in [0.1, 0.15) is 0 Å². The first kappa shape index (κ1) is 13.3. The minimum Gasteiger partial charge on any atom is -0.354 e. The Kier molecular flexibility index (Phi) is 3.69. The van der Waals surface area contributed by atoms with Crippen molar-refractivity contribution in [2.24, 2.45) is 0 Å². The Bertz CT molecular complexity index is 553. The van der Waals surface area contributed by atoms with Gasteiger partial charge in [-0.3, -0.25) is 0 Å². The second-order valence-electron chi connectivity index (χ2n) is 3.86. The Morgan fingerprint density at radius 2 is 1.79 bits per heavy atom. The molecular formula is C13H12F3N3. The minimum absolute atomic E-state index is 0.0174. The Labute approximate surface area is 108 Å². The van der Waals surface area contributed by atoms with Gasteiger partial charge in [-0.2, -0.15) is 13.2 Å². The van der Waals surface area contributed by atoms with Crippen molar-refractivity contribution in [1.29, 1.82) is 0 Å². The lowest BCUT2D eigenvalue weighted by atomic mass is 10.1. The first-order valence-electron chi connectivity index (χ1n) is 5.76. The quantitative estimate of drug-likeness (QED) is 0.923. The summed E-state index contributed by atoms with van der Waals surface area (Å²) >= 11 is 0. The number of hydrogen-bond donors (Lipinski definition) is 1. The molecule has 1 heterocycles. The summed E-state index contributed by atoms with van der Waals surface area (Å²) in [5.74, 6) is -0.0174. The van der Waals surface area contributed by atoms with Crippen molar-refractivity contribution in [3.63, 3.8) is 0 Å². The zero-order valence-electron chi connectivity index (χ0n) is 10.2. The third-order valence-corrected chi connectivity index (χ3v) is 2.42. The Morgan fingerprint density at radius 3 is 2.37 bits per heavy atom. The summed E-state index contributed by atoms with van der Waals surface area (Å²) in [6, 6.07) is 9.66. The van der Waals surface area contributed by atoms with Crippen LogP contribution in [0, 0.1) is 0 Å². The SMILES string of the molecule is CCNc1nc(-c2ccccc2)cc(C(F)(F)F)n1. The van der Waals surface area contributed by atoms with Crippen molar-refractivity contribution in [3.8, 4) is 11.3 Å². The van der Waals surface area contributed by atoms with Crippen LogP contribution in [0.25, 0.3) is 11.3 Å². The predicted molar refractivity (Wildman–Crippen MR) is 66.6 cm³/mol. The van der Waals surface area contributed by atoms with E-state index in [0.717, 1.165) is 6.07 Å². The average Bonchev–Trinajstić information content (AvgIpc) is 2.39. The molecule has 1 aromatic heterocycles. The molecule has 1 aromatic carbocycles. The average molecular weight is 267 g/mol. The number of benzene rings is 1. The van der Waals surface area contributed by atoms with Crippen LogP contribution in [0.3, 0.4) is 0 Å². The van der Waals surface area contributed by atoms with Gasteiger partial charge in [-0.05, 0) is 13.0 Å². The number of alkyl halides is 3. The van der Waals surface area contributed by atoms with E-state index in [4.69, 9.17) is 0 Å². The van der Waals surface area contributed by atoms with Crippen LogP contribution in [0.4, 0.5) is 19.1 Å². The van der Waals surface area contributed by atoms with Crippen molar-refractivity contribution in [2.45, 2.75) is 13.1 Å². The van der Waals surface area contributed by atoms with E-state index in [1.807, 2.05) is 0 Å². The van der Waals surface area contributed by atoms with Crippen LogP contribution in [0.2, 0.25) is 0 Å². The molecule has 2 aromatic rings. The summed E-state index contributed by atoms with van der Waals surface area (Å²) in [4.78, 5) is 7.56. The van der Waals surface area contributed by atoms with Gasteiger partial charge in [-0.1, -0.05) is 30.3 Å². The predicted octanol–water partition coefficient (Wildman–Crippen LogP) is 3.59. The van der Waals surface area contributed by atoms with Gasteiger partial charge in [0, 0.05) is 12.1 Å². The van der Waals surface area contributed by atoms with Crippen molar-refractivity contribution >= 4 is 5.95 Å². The lowest BCUT2D eigenvalue weighted by Crippen LogP contribution is -2.12. The molecule has 0 radical (unpaired) electrons. The molecular weight excluding hydrogens is 255 g/mol. The van der Waals surface area contributed by atoms with Crippen molar-refractivity contribution in [1.82, 2.24) is 9.97 Å². The van der Waals surface area contributed by atoms with Crippen LogP contribution in [-0.2, 0) is 6.18 Å². The lowest BCUT2D eigenvalue weighted by Gasteiger charge is -2.11. The highest BCUT2D eigenvalue weighted by Crippen LogP contribution is 2.30. The van der Waals surface area contributed by atoms with E-state index >= 15 is 0 Å². The fourth-order valence-corrected chi connectivity index (χ4v) is 1.59.